The molecule has 4 atom stereocenters. The summed E-state index contributed by atoms with van der Waals surface area (Å²) in [5, 5.41) is 27.7. The molecule has 0 saturated heterocycles. The van der Waals surface area contributed by atoms with Gasteiger partial charge >= 0.3 is 16.7 Å². The van der Waals surface area contributed by atoms with E-state index in [1.165, 1.54) is 35.3 Å². The third-order valence-corrected chi connectivity index (χ3v) is 6.76. The Morgan fingerprint density at radius 1 is 1.23 bits per heavy atom. The van der Waals surface area contributed by atoms with Crippen LogP contribution >= 0.6 is 0 Å². The number of hydrogen-bond donors (Lipinski definition) is 4. The van der Waals surface area contributed by atoms with Gasteiger partial charge in [0.25, 0.3) is 0 Å². The Kier molecular flexibility index (Phi) is 8.17. The highest BCUT2D eigenvalue weighted by Crippen LogP contribution is 2.28. The molecule has 17 heteroatoms. The number of nitrogens with zero attached hydrogens (tertiary/aromatic N) is 4. The molecule has 0 radical (unpaired) electrons. The molecule has 2 heterocycles. The van der Waals surface area contributed by atoms with Crippen LogP contribution in [0.2, 0.25) is 0 Å². The van der Waals surface area contributed by atoms with Crippen LogP contribution < -0.4 is 14.8 Å². The summed E-state index contributed by atoms with van der Waals surface area (Å²) in [6, 6.07) is 5.79. The normalized spacial score (nSPS) is 21.6. The number of ether oxygens (including phenoxy) is 1. The molecule has 0 unspecified atom stereocenters. The molecule has 0 amide bonds. The highest BCUT2D eigenvalue weighted by Gasteiger charge is 2.44. The zero-order chi connectivity index (χ0) is 28.4. The van der Waals surface area contributed by atoms with Crippen LogP contribution in [0.5, 0.6) is 5.75 Å². The first-order chi connectivity index (χ1) is 18.3. The summed E-state index contributed by atoms with van der Waals surface area (Å²) in [6.07, 6.45) is -5.39. The first kappa shape index (κ1) is 28.4. The molecule has 1 saturated carbocycles. The molecule has 4 rings (SSSR count). The molecule has 4 N–H and O–H groups in total. The smallest absolute Gasteiger partial charge is 0.406 e. The Morgan fingerprint density at radius 2 is 2.00 bits per heavy atom. The van der Waals surface area contributed by atoms with Gasteiger partial charge in [-0.3, -0.25) is 13.7 Å². The van der Waals surface area contributed by atoms with Gasteiger partial charge in [0.2, 0.25) is 5.78 Å². The fourth-order valence-electron chi connectivity index (χ4n) is 3.96. The number of alkyl halides is 3. The van der Waals surface area contributed by atoms with Crippen molar-refractivity contribution in [2.24, 2.45) is 0 Å². The molecule has 3 aromatic rings. The Balaban J connectivity index is 1.47. The van der Waals surface area contributed by atoms with E-state index in [0.717, 1.165) is 19.4 Å². The topological polar surface area (TPSA) is 178 Å². The summed E-state index contributed by atoms with van der Waals surface area (Å²) in [5.74, 6) is -1.00. The minimum absolute atomic E-state index is 0.00470. The monoisotopic (exact) mass is 572 g/mol. The highest BCUT2D eigenvalue weighted by molar-refractivity contribution is 7.84. The highest BCUT2D eigenvalue weighted by atomic mass is 32.2. The summed E-state index contributed by atoms with van der Waals surface area (Å²) < 4.78 is 73.0. The summed E-state index contributed by atoms with van der Waals surface area (Å²) >= 11 is 0. The molecule has 1 fully saturated rings. The van der Waals surface area contributed by atoms with Crippen LogP contribution in [0.25, 0.3) is 0 Å². The zero-order valence-electron chi connectivity index (χ0n) is 20.1. The van der Waals surface area contributed by atoms with Crippen LogP contribution in [0.15, 0.2) is 49.1 Å². The van der Waals surface area contributed by atoms with Crippen LogP contribution in [0.3, 0.4) is 0 Å². The van der Waals surface area contributed by atoms with Gasteiger partial charge in [-0.05, 0) is 23.8 Å². The van der Waals surface area contributed by atoms with Gasteiger partial charge in [-0.1, -0.05) is 12.1 Å². The molecular weight excluding hydrogens is 549 g/mol. The molecule has 1 aliphatic carbocycles. The predicted molar refractivity (Wildman–Crippen MR) is 127 cm³/mol. The number of benzene rings is 1. The minimum Gasteiger partial charge on any atom is -0.406 e. The number of aliphatic hydroxyl groups excluding tert-OH is 2. The zero-order valence-corrected chi connectivity index (χ0v) is 20.9. The minimum atomic E-state index is -4.83. The number of ketones is 1. The molecule has 0 bridgehead atoms. The molecule has 210 valence electrons. The fourth-order valence-corrected chi connectivity index (χ4v) is 4.58. The van der Waals surface area contributed by atoms with E-state index in [1.807, 2.05) is 4.72 Å². The van der Waals surface area contributed by atoms with Crippen LogP contribution in [-0.2, 0) is 21.0 Å². The van der Waals surface area contributed by atoms with E-state index in [-0.39, 0.29) is 30.0 Å². The lowest BCUT2D eigenvalue weighted by atomic mass is 10.1. The van der Waals surface area contributed by atoms with Gasteiger partial charge in [0, 0.05) is 25.9 Å². The van der Waals surface area contributed by atoms with Crippen LogP contribution in [-0.4, -0.2) is 81.9 Å². The molecule has 1 aromatic carbocycles. The first-order valence-electron chi connectivity index (χ1n) is 11.3. The van der Waals surface area contributed by atoms with E-state index < -0.39 is 52.6 Å². The van der Waals surface area contributed by atoms with Crippen LogP contribution in [0.4, 0.5) is 19.0 Å². The lowest BCUT2D eigenvalue weighted by molar-refractivity contribution is -0.274. The summed E-state index contributed by atoms with van der Waals surface area (Å²) in [5.41, 5.74) is 0.385. The van der Waals surface area contributed by atoms with Crippen molar-refractivity contribution in [2.45, 2.75) is 43.7 Å². The number of rotatable bonds is 10. The summed E-state index contributed by atoms with van der Waals surface area (Å²) in [7, 11) is -3.01. The third-order valence-electron chi connectivity index (χ3n) is 5.76. The molecule has 1 aliphatic rings. The SMILES string of the molecule is CNS(=O)(=O)O[C@@H]1C[C@@H](Nc2ncncc2C(=O)c2ccn(Cc3cccc(OC(F)(F)F)c3)n2)[C@H](O)[C@H]1O. The number of nitrogens with one attached hydrogen (secondary N) is 2. The average molecular weight is 573 g/mol. The van der Waals surface area contributed by atoms with Crippen molar-refractivity contribution in [1.82, 2.24) is 24.5 Å². The van der Waals surface area contributed by atoms with Crippen molar-refractivity contribution in [1.29, 1.82) is 0 Å². The van der Waals surface area contributed by atoms with Crippen LogP contribution in [0, 0.1) is 0 Å². The Hall–Kier alpha value is -3.64. The maximum atomic E-state index is 13.2. The quantitative estimate of drug-likeness (QED) is 0.250. The number of anilines is 1. The van der Waals surface area contributed by atoms with Gasteiger partial charge < -0.3 is 20.3 Å². The van der Waals surface area contributed by atoms with Crippen molar-refractivity contribution < 1.29 is 45.5 Å². The number of halogens is 3. The molecule has 2 aromatic heterocycles. The second-order valence-corrected chi connectivity index (χ2v) is 9.98. The van der Waals surface area contributed by atoms with Crippen molar-refractivity contribution in [2.75, 3.05) is 12.4 Å². The van der Waals surface area contributed by atoms with Crippen molar-refractivity contribution >= 4 is 21.9 Å². The van der Waals surface area contributed by atoms with E-state index in [2.05, 4.69) is 25.1 Å². The molecule has 39 heavy (non-hydrogen) atoms. The first-order valence-corrected chi connectivity index (χ1v) is 12.7. The second-order valence-electron chi connectivity index (χ2n) is 8.47. The molecule has 13 nitrogen and oxygen atoms in total. The van der Waals surface area contributed by atoms with E-state index in [1.54, 1.807) is 6.07 Å². The van der Waals surface area contributed by atoms with Crippen LogP contribution in [0.1, 0.15) is 28.0 Å². The second kappa shape index (κ2) is 11.2. The number of aliphatic hydroxyl groups is 2. The van der Waals surface area contributed by atoms with E-state index >= 15 is 0 Å². The lowest BCUT2D eigenvalue weighted by Gasteiger charge is -2.19. The number of carbonyl (C=O) groups is 1. The summed E-state index contributed by atoms with van der Waals surface area (Å²) in [4.78, 5) is 21.1. The molecule has 0 aliphatic heterocycles. The lowest BCUT2D eigenvalue weighted by Crippen LogP contribution is -2.38. The number of hydrogen-bond acceptors (Lipinski definition) is 11. The average Bonchev–Trinajstić information content (AvgIpc) is 3.43. The van der Waals surface area contributed by atoms with Gasteiger partial charge in [0.15, 0.2) is 0 Å². The van der Waals surface area contributed by atoms with E-state index in [4.69, 9.17) is 4.18 Å². The summed E-state index contributed by atoms with van der Waals surface area (Å²) in [6.45, 7) is 0.0435. The third kappa shape index (κ3) is 7.07. The van der Waals surface area contributed by atoms with E-state index in [9.17, 15) is 36.6 Å². The molecular formula is C22H23F3N6O7S. The number of carbonyl (C=O) groups excluding carboxylic acids is 1. The van der Waals surface area contributed by atoms with Crippen molar-refractivity contribution in [3.05, 3.63) is 65.9 Å². The van der Waals surface area contributed by atoms with Gasteiger partial charge in [-0.15, -0.1) is 13.2 Å². The Labute approximate surface area is 219 Å². The standard InChI is InChI=1S/C22H23F3N6O7S/c1-26-39(35,36)38-17-8-16(19(33)20(17)34)29-21-14(9-27-11-28-21)18(32)15-5-6-31(30-15)10-12-3-2-4-13(7-12)37-22(23,24)25/h2-7,9,11,16-17,19-20,26,33-34H,8,10H2,1H3,(H,27,28,29)/t16-,17-,19+,20+/m1/s1. The number of aromatic nitrogens is 4. The fraction of sp³-hybridized carbons (Fsp3) is 0.364. The van der Waals surface area contributed by atoms with Gasteiger partial charge in [-0.25, -0.2) is 9.97 Å². The van der Waals surface area contributed by atoms with Gasteiger partial charge in [0.05, 0.1) is 18.2 Å². The maximum Gasteiger partial charge on any atom is 0.573 e. The van der Waals surface area contributed by atoms with Gasteiger partial charge in [-0.2, -0.15) is 18.2 Å². The Morgan fingerprint density at radius 3 is 2.72 bits per heavy atom. The maximum absolute atomic E-state index is 13.2. The Bertz CT molecular complexity index is 1440. The van der Waals surface area contributed by atoms with Crippen molar-refractivity contribution in [3.8, 4) is 5.75 Å². The van der Waals surface area contributed by atoms with Gasteiger partial charge in [0.1, 0.15) is 41.9 Å². The van der Waals surface area contributed by atoms with E-state index in [0.29, 0.717) is 5.56 Å². The largest absolute Gasteiger partial charge is 0.573 e. The molecule has 0 spiro atoms. The predicted octanol–water partition coefficient (Wildman–Crippen LogP) is 0.606. The van der Waals surface area contributed by atoms with Crippen molar-refractivity contribution in [3.63, 3.8) is 0 Å².